The van der Waals surface area contributed by atoms with Crippen LogP contribution < -0.4 is 5.32 Å². The van der Waals surface area contributed by atoms with E-state index >= 15 is 0 Å². The van der Waals surface area contributed by atoms with Crippen molar-refractivity contribution in [3.63, 3.8) is 0 Å². The Bertz CT molecular complexity index is 594. The lowest BCUT2D eigenvalue weighted by Gasteiger charge is -2.04. The van der Waals surface area contributed by atoms with E-state index in [9.17, 15) is 14.9 Å². The van der Waals surface area contributed by atoms with Gasteiger partial charge in [-0.1, -0.05) is 6.07 Å². The maximum Gasteiger partial charge on any atom is 0.277 e. The molecule has 0 saturated carbocycles. The Balaban J connectivity index is 2.22. The van der Waals surface area contributed by atoms with Gasteiger partial charge in [-0.3, -0.25) is 14.9 Å². The van der Waals surface area contributed by atoms with E-state index in [1.807, 2.05) is 0 Å². The molecule has 0 spiro atoms. The Hall–Kier alpha value is -2.77. The lowest BCUT2D eigenvalue weighted by atomic mass is 10.2. The van der Waals surface area contributed by atoms with Gasteiger partial charge in [0.2, 0.25) is 0 Å². The lowest BCUT2D eigenvalue weighted by molar-refractivity contribution is -0.385. The van der Waals surface area contributed by atoms with E-state index in [1.165, 1.54) is 12.3 Å². The number of aryl methyl sites for hydroxylation is 1. The fourth-order valence-corrected chi connectivity index (χ4v) is 1.39. The molecule has 8 nitrogen and oxygen atoms in total. The first-order valence-electron chi connectivity index (χ1n) is 5.00. The Labute approximate surface area is 101 Å². The molecule has 2 N–H and O–H groups in total. The van der Waals surface area contributed by atoms with Crippen LogP contribution in [0.3, 0.4) is 0 Å². The maximum absolute atomic E-state index is 11.6. The number of amides is 1. The summed E-state index contributed by atoms with van der Waals surface area (Å²) in [5.74, 6) is -0.484. The van der Waals surface area contributed by atoms with Crippen molar-refractivity contribution in [3.8, 4) is 0 Å². The van der Waals surface area contributed by atoms with Gasteiger partial charge >= 0.3 is 0 Å². The van der Waals surface area contributed by atoms with E-state index in [4.69, 9.17) is 0 Å². The molecule has 1 aromatic carbocycles. The quantitative estimate of drug-likeness (QED) is 0.626. The van der Waals surface area contributed by atoms with Crippen LogP contribution in [0.2, 0.25) is 0 Å². The van der Waals surface area contributed by atoms with Crippen LogP contribution in [-0.4, -0.2) is 26.2 Å². The van der Waals surface area contributed by atoms with Crippen molar-refractivity contribution in [1.82, 2.24) is 15.4 Å². The molecule has 2 aromatic rings. The molecule has 92 valence electrons. The molecule has 0 fully saturated rings. The van der Waals surface area contributed by atoms with Crippen LogP contribution in [0.1, 0.15) is 16.1 Å². The van der Waals surface area contributed by atoms with Gasteiger partial charge in [-0.05, 0) is 13.0 Å². The summed E-state index contributed by atoms with van der Waals surface area (Å²) in [6, 6.07) is 4.45. The second-order valence-corrected chi connectivity index (χ2v) is 3.57. The van der Waals surface area contributed by atoms with Crippen molar-refractivity contribution in [1.29, 1.82) is 0 Å². The number of nitro benzene ring substituents is 1. The molecular formula is C10H9N5O3. The standard InChI is InChI=1S/C10H9N5O3/c1-6-2-3-7(4-9(6)15(17)18)12-10(16)8-5-11-14-13-8/h2-5H,1H3,(H,12,16)(H,11,13,14). The predicted molar refractivity (Wildman–Crippen MR) is 62.2 cm³/mol. The number of anilines is 1. The first-order chi connectivity index (χ1) is 8.58. The largest absolute Gasteiger partial charge is 0.320 e. The summed E-state index contributed by atoms with van der Waals surface area (Å²) in [6.07, 6.45) is 1.26. The van der Waals surface area contributed by atoms with Crippen LogP contribution in [0.5, 0.6) is 0 Å². The third-order valence-corrected chi connectivity index (χ3v) is 2.31. The normalized spacial score (nSPS) is 10.1. The SMILES string of the molecule is Cc1ccc(NC(=O)c2cn[nH]n2)cc1[N+](=O)[O-]. The third-order valence-electron chi connectivity index (χ3n) is 2.31. The molecule has 0 radical (unpaired) electrons. The molecule has 1 amide bonds. The van der Waals surface area contributed by atoms with Crippen molar-refractivity contribution < 1.29 is 9.72 Å². The topological polar surface area (TPSA) is 114 Å². The number of carbonyl (C=O) groups excluding carboxylic acids is 1. The third kappa shape index (κ3) is 2.32. The van der Waals surface area contributed by atoms with E-state index in [0.717, 1.165) is 0 Å². The highest BCUT2D eigenvalue weighted by atomic mass is 16.6. The Kier molecular flexibility index (Phi) is 3.00. The van der Waals surface area contributed by atoms with Crippen LogP contribution >= 0.6 is 0 Å². The highest BCUT2D eigenvalue weighted by Crippen LogP contribution is 2.22. The molecule has 0 atom stereocenters. The zero-order chi connectivity index (χ0) is 13.1. The van der Waals surface area contributed by atoms with Gasteiger partial charge < -0.3 is 5.32 Å². The minimum atomic E-state index is -0.499. The first-order valence-corrected chi connectivity index (χ1v) is 5.00. The number of nitrogens with zero attached hydrogens (tertiary/aromatic N) is 3. The zero-order valence-electron chi connectivity index (χ0n) is 9.38. The van der Waals surface area contributed by atoms with Crippen molar-refractivity contribution in [2.24, 2.45) is 0 Å². The second kappa shape index (κ2) is 4.62. The molecule has 1 heterocycles. The molecule has 1 aromatic heterocycles. The Morgan fingerprint density at radius 3 is 2.89 bits per heavy atom. The van der Waals surface area contributed by atoms with Crippen molar-refractivity contribution in [2.45, 2.75) is 6.92 Å². The molecule has 0 aliphatic rings. The summed E-state index contributed by atoms with van der Waals surface area (Å²) in [5, 5.41) is 22.7. The van der Waals surface area contributed by atoms with Crippen molar-refractivity contribution >= 4 is 17.3 Å². The maximum atomic E-state index is 11.6. The van der Waals surface area contributed by atoms with Crippen LogP contribution in [-0.2, 0) is 0 Å². The monoisotopic (exact) mass is 247 g/mol. The number of hydrogen-bond donors (Lipinski definition) is 2. The number of benzene rings is 1. The lowest BCUT2D eigenvalue weighted by Crippen LogP contribution is -2.12. The number of H-pyrrole nitrogens is 1. The molecule has 0 aliphatic carbocycles. The molecule has 2 rings (SSSR count). The van der Waals surface area contributed by atoms with E-state index in [0.29, 0.717) is 11.3 Å². The summed E-state index contributed by atoms with van der Waals surface area (Å²) in [7, 11) is 0. The summed E-state index contributed by atoms with van der Waals surface area (Å²) >= 11 is 0. The Morgan fingerprint density at radius 2 is 2.28 bits per heavy atom. The van der Waals surface area contributed by atoms with Gasteiger partial charge in [-0.25, -0.2) is 0 Å². The second-order valence-electron chi connectivity index (χ2n) is 3.57. The summed E-state index contributed by atoms with van der Waals surface area (Å²) < 4.78 is 0. The zero-order valence-corrected chi connectivity index (χ0v) is 9.38. The number of rotatable bonds is 3. The van der Waals surface area contributed by atoms with Crippen LogP contribution in [0.4, 0.5) is 11.4 Å². The molecule has 0 bridgehead atoms. The average Bonchev–Trinajstić information content (AvgIpc) is 2.85. The fraction of sp³-hybridized carbons (Fsp3) is 0.100. The van der Waals surface area contributed by atoms with Gasteiger partial charge in [0, 0.05) is 17.3 Å². The smallest absolute Gasteiger partial charge is 0.277 e. The van der Waals surface area contributed by atoms with Gasteiger partial charge in [-0.2, -0.15) is 15.4 Å². The minimum Gasteiger partial charge on any atom is -0.320 e. The first kappa shape index (κ1) is 11.7. The van der Waals surface area contributed by atoms with Crippen molar-refractivity contribution in [2.75, 3.05) is 5.32 Å². The number of hydrogen-bond acceptors (Lipinski definition) is 5. The number of aromatic nitrogens is 3. The summed E-state index contributed by atoms with van der Waals surface area (Å²) in [5.41, 5.74) is 0.922. The van der Waals surface area contributed by atoms with Crippen LogP contribution in [0.15, 0.2) is 24.4 Å². The van der Waals surface area contributed by atoms with E-state index in [1.54, 1.807) is 19.1 Å². The highest BCUT2D eigenvalue weighted by Gasteiger charge is 2.14. The van der Waals surface area contributed by atoms with Crippen LogP contribution in [0, 0.1) is 17.0 Å². The number of carbonyl (C=O) groups is 1. The highest BCUT2D eigenvalue weighted by molar-refractivity contribution is 6.02. The predicted octanol–water partition coefficient (Wildman–Crippen LogP) is 1.27. The molecule has 0 unspecified atom stereocenters. The van der Waals surface area contributed by atoms with E-state index < -0.39 is 10.8 Å². The number of nitro groups is 1. The molecule has 0 aliphatic heterocycles. The van der Waals surface area contributed by atoms with E-state index in [-0.39, 0.29) is 11.4 Å². The van der Waals surface area contributed by atoms with Gasteiger partial charge in [-0.15, -0.1) is 0 Å². The Morgan fingerprint density at radius 1 is 1.50 bits per heavy atom. The van der Waals surface area contributed by atoms with E-state index in [2.05, 4.69) is 20.7 Å². The minimum absolute atomic E-state index is 0.0482. The van der Waals surface area contributed by atoms with Crippen LogP contribution in [0.25, 0.3) is 0 Å². The van der Waals surface area contributed by atoms with Gasteiger partial charge in [0.05, 0.1) is 11.1 Å². The average molecular weight is 247 g/mol. The molecule has 0 saturated heterocycles. The van der Waals surface area contributed by atoms with Gasteiger partial charge in [0.25, 0.3) is 11.6 Å². The summed E-state index contributed by atoms with van der Waals surface area (Å²) in [4.78, 5) is 21.9. The number of aromatic amines is 1. The molecular weight excluding hydrogens is 238 g/mol. The summed E-state index contributed by atoms with van der Waals surface area (Å²) in [6.45, 7) is 1.63. The fourth-order valence-electron chi connectivity index (χ4n) is 1.39. The van der Waals surface area contributed by atoms with Crippen molar-refractivity contribution in [3.05, 3.63) is 45.8 Å². The van der Waals surface area contributed by atoms with Gasteiger partial charge in [0.1, 0.15) is 0 Å². The van der Waals surface area contributed by atoms with Gasteiger partial charge in [0.15, 0.2) is 5.69 Å². The molecule has 18 heavy (non-hydrogen) atoms. The number of nitrogens with one attached hydrogen (secondary N) is 2. The molecule has 8 heteroatoms.